The average Bonchev–Trinajstić information content (AvgIpc) is 3.30. The zero-order valence-electron chi connectivity index (χ0n) is 13.4. The number of carbonyl (C=O) groups is 2. The third-order valence-electron chi connectivity index (χ3n) is 5.46. The number of carboxylic acids is 1. The van der Waals surface area contributed by atoms with Crippen LogP contribution >= 0.6 is 23.5 Å². The molecule has 1 aromatic carbocycles. The highest BCUT2D eigenvalue weighted by molar-refractivity contribution is 8.19. The van der Waals surface area contributed by atoms with Gasteiger partial charge in [0.25, 0.3) is 5.91 Å². The molecule has 2 saturated heterocycles. The SMILES string of the molecule is O=C(O)C1C2CCCC2CN1C(=O)c1ccc(C2SCCS2)cc1. The molecule has 0 spiro atoms. The largest absolute Gasteiger partial charge is 0.480 e. The van der Waals surface area contributed by atoms with Gasteiger partial charge in [0.05, 0.1) is 4.58 Å². The Balaban J connectivity index is 1.53. The van der Waals surface area contributed by atoms with Gasteiger partial charge in [-0.05, 0) is 42.4 Å². The van der Waals surface area contributed by atoms with Crippen molar-refractivity contribution >= 4 is 35.4 Å². The van der Waals surface area contributed by atoms with Crippen molar-refractivity contribution in [3.8, 4) is 0 Å². The predicted molar refractivity (Wildman–Crippen MR) is 97.4 cm³/mol. The van der Waals surface area contributed by atoms with Crippen LogP contribution in [-0.2, 0) is 4.79 Å². The van der Waals surface area contributed by atoms with Crippen LogP contribution < -0.4 is 0 Å². The van der Waals surface area contributed by atoms with Gasteiger partial charge >= 0.3 is 5.97 Å². The minimum Gasteiger partial charge on any atom is -0.480 e. The van der Waals surface area contributed by atoms with E-state index in [4.69, 9.17) is 0 Å². The minimum absolute atomic E-state index is 0.130. The number of hydrogen-bond acceptors (Lipinski definition) is 4. The molecule has 1 aliphatic carbocycles. The van der Waals surface area contributed by atoms with Crippen molar-refractivity contribution in [2.24, 2.45) is 11.8 Å². The summed E-state index contributed by atoms with van der Waals surface area (Å²) >= 11 is 3.88. The lowest BCUT2D eigenvalue weighted by molar-refractivity contribution is -0.142. The van der Waals surface area contributed by atoms with Crippen molar-refractivity contribution in [1.29, 1.82) is 0 Å². The molecule has 3 atom stereocenters. The van der Waals surface area contributed by atoms with Crippen LogP contribution in [0.1, 0.15) is 39.8 Å². The van der Waals surface area contributed by atoms with Crippen molar-refractivity contribution in [2.75, 3.05) is 18.1 Å². The van der Waals surface area contributed by atoms with Gasteiger partial charge in [-0.2, -0.15) is 0 Å². The van der Waals surface area contributed by atoms with Gasteiger partial charge in [0.2, 0.25) is 0 Å². The first-order valence-electron chi connectivity index (χ1n) is 8.52. The van der Waals surface area contributed by atoms with E-state index in [-0.39, 0.29) is 11.8 Å². The number of hydrogen-bond donors (Lipinski definition) is 1. The Hall–Kier alpha value is -1.14. The van der Waals surface area contributed by atoms with E-state index in [1.54, 1.807) is 4.90 Å². The number of nitrogens with zero attached hydrogens (tertiary/aromatic N) is 1. The molecule has 4 nitrogen and oxygen atoms in total. The molecule has 2 aliphatic heterocycles. The van der Waals surface area contributed by atoms with Crippen LogP contribution in [0.25, 0.3) is 0 Å². The van der Waals surface area contributed by atoms with E-state index in [0.29, 0.717) is 22.6 Å². The van der Waals surface area contributed by atoms with Crippen molar-refractivity contribution in [1.82, 2.24) is 4.90 Å². The van der Waals surface area contributed by atoms with Gasteiger partial charge in [-0.15, -0.1) is 23.5 Å². The Labute approximate surface area is 150 Å². The fourth-order valence-corrected chi connectivity index (χ4v) is 7.19. The lowest BCUT2D eigenvalue weighted by Gasteiger charge is -2.24. The highest BCUT2D eigenvalue weighted by Gasteiger charge is 2.49. The normalized spacial score (nSPS) is 29.8. The monoisotopic (exact) mass is 363 g/mol. The quantitative estimate of drug-likeness (QED) is 0.891. The van der Waals surface area contributed by atoms with Gasteiger partial charge in [0.15, 0.2) is 0 Å². The molecular formula is C18H21NO3S2. The summed E-state index contributed by atoms with van der Waals surface area (Å²) in [6, 6.07) is 7.13. The van der Waals surface area contributed by atoms with E-state index in [1.807, 2.05) is 47.8 Å². The number of thioether (sulfide) groups is 2. The molecule has 3 fully saturated rings. The first-order valence-corrected chi connectivity index (χ1v) is 10.6. The van der Waals surface area contributed by atoms with Gasteiger partial charge in [0, 0.05) is 23.6 Å². The predicted octanol–water partition coefficient (Wildman–Crippen LogP) is 3.49. The van der Waals surface area contributed by atoms with Crippen molar-refractivity contribution in [2.45, 2.75) is 29.9 Å². The minimum atomic E-state index is -0.854. The first-order chi connectivity index (χ1) is 11.6. The molecule has 128 valence electrons. The Morgan fingerprint density at radius 2 is 1.79 bits per heavy atom. The molecule has 3 unspecified atom stereocenters. The van der Waals surface area contributed by atoms with E-state index in [2.05, 4.69) is 0 Å². The standard InChI is InChI=1S/C18H21NO3S2/c20-16(11-4-6-12(7-5-11)18-23-8-9-24-18)19-10-13-2-1-3-14(13)15(19)17(21)22/h4-7,13-15,18H,1-3,8-10H2,(H,21,22). The Kier molecular flexibility index (Phi) is 4.52. The van der Waals surface area contributed by atoms with E-state index < -0.39 is 12.0 Å². The molecule has 2 heterocycles. The number of benzene rings is 1. The molecule has 0 bridgehead atoms. The van der Waals surface area contributed by atoms with Crippen molar-refractivity contribution < 1.29 is 14.7 Å². The van der Waals surface area contributed by atoms with E-state index in [9.17, 15) is 14.7 Å². The Morgan fingerprint density at radius 3 is 2.46 bits per heavy atom. The smallest absolute Gasteiger partial charge is 0.326 e. The zero-order valence-corrected chi connectivity index (χ0v) is 15.0. The molecular weight excluding hydrogens is 342 g/mol. The number of carboxylic acid groups (broad SMARTS) is 1. The van der Waals surface area contributed by atoms with Crippen LogP contribution in [-0.4, -0.2) is 46.0 Å². The van der Waals surface area contributed by atoms with Crippen molar-refractivity contribution in [3.05, 3.63) is 35.4 Å². The molecule has 0 radical (unpaired) electrons. The Bertz CT molecular complexity index is 642. The van der Waals surface area contributed by atoms with Gasteiger partial charge in [0.1, 0.15) is 6.04 Å². The second kappa shape index (κ2) is 6.64. The second-order valence-electron chi connectivity index (χ2n) is 6.79. The number of likely N-dealkylation sites (tertiary alicyclic amines) is 1. The van der Waals surface area contributed by atoms with Crippen LogP contribution in [0.2, 0.25) is 0 Å². The van der Waals surface area contributed by atoms with Gasteiger partial charge < -0.3 is 10.0 Å². The summed E-state index contributed by atoms with van der Waals surface area (Å²) in [5.74, 6) is 1.86. The fraction of sp³-hybridized carbons (Fsp3) is 0.556. The van der Waals surface area contributed by atoms with Crippen LogP contribution in [0.4, 0.5) is 0 Å². The molecule has 6 heteroatoms. The maximum Gasteiger partial charge on any atom is 0.326 e. The third kappa shape index (κ3) is 2.84. The lowest BCUT2D eigenvalue weighted by Crippen LogP contribution is -2.43. The summed E-state index contributed by atoms with van der Waals surface area (Å²) in [5, 5.41) is 9.61. The molecule has 1 amide bonds. The number of amides is 1. The van der Waals surface area contributed by atoms with Crippen LogP contribution in [0.5, 0.6) is 0 Å². The summed E-state index contributed by atoms with van der Waals surface area (Å²) < 4.78 is 0.465. The maximum absolute atomic E-state index is 12.9. The number of aliphatic carboxylic acids is 1. The van der Waals surface area contributed by atoms with E-state index in [1.165, 1.54) is 17.1 Å². The summed E-state index contributed by atoms with van der Waals surface area (Å²) in [6.07, 6.45) is 3.07. The van der Waals surface area contributed by atoms with Crippen LogP contribution in [0.15, 0.2) is 24.3 Å². The molecule has 4 rings (SSSR count). The molecule has 1 aromatic rings. The fourth-order valence-electron chi connectivity index (χ4n) is 4.33. The first kappa shape index (κ1) is 16.3. The highest BCUT2D eigenvalue weighted by atomic mass is 32.2. The molecule has 0 aromatic heterocycles. The van der Waals surface area contributed by atoms with Gasteiger partial charge in [-0.1, -0.05) is 18.6 Å². The molecule has 1 saturated carbocycles. The van der Waals surface area contributed by atoms with Crippen LogP contribution in [0.3, 0.4) is 0 Å². The van der Waals surface area contributed by atoms with Crippen molar-refractivity contribution in [3.63, 3.8) is 0 Å². The van der Waals surface area contributed by atoms with E-state index in [0.717, 1.165) is 19.3 Å². The average molecular weight is 364 g/mol. The number of fused-ring (bicyclic) bond motifs is 1. The zero-order chi connectivity index (χ0) is 16.7. The van der Waals surface area contributed by atoms with Gasteiger partial charge in [-0.25, -0.2) is 4.79 Å². The topological polar surface area (TPSA) is 57.6 Å². The molecule has 3 aliphatic rings. The summed E-state index contributed by atoms with van der Waals surface area (Å²) in [4.78, 5) is 26.2. The maximum atomic E-state index is 12.9. The highest BCUT2D eigenvalue weighted by Crippen LogP contribution is 2.45. The van der Waals surface area contributed by atoms with E-state index >= 15 is 0 Å². The molecule has 24 heavy (non-hydrogen) atoms. The molecule has 1 N–H and O–H groups in total. The second-order valence-corrected chi connectivity index (χ2v) is 9.52. The number of rotatable bonds is 3. The Morgan fingerprint density at radius 1 is 1.08 bits per heavy atom. The summed E-state index contributed by atoms with van der Waals surface area (Å²) in [5.41, 5.74) is 1.85. The summed E-state index contributed by atoms with van der Waals surface area (Å²) in [7, 11) is 0. The van der Waals surface area contributed by atoms with Crippen LogP contribution in [0, 0.1) is 11.8 Å². The third-order valence-corrected chi connectivity index (χ3v) is 8.56. The van der Waals surface area contributed by atoms with Gasteiger partial charge in [-0.3, -0.25) is 4.79 Å². The summed E-state index contributed by atoms with van der Waals surface area (Å²) in [6.45, 7) is 0.594. The lowest BCUT2D eigenvalue weighted by atomic mass is 9.94. The number of carbonyl (C=O) groups excluding carboxylic acids is 1.